The van der Waals surface area contributed by atoms with E-state index in [0.717, 1.165) is 24.5 Å². The Hall–Kier alpha value is -2.28. The molecule has 0 saturated carbocycles. The standard InChI is InChI=1S/C24H28O/c1-3-5-7-19-8-9-23-18-22(11-10-21(23)17-19)20-12-14-24(15-13-20)25-16-6-4-2/h3-4,10-15,18-19H,1-2,5-9,16-17H2. The van der Waals surface area contributed by atoms with Crippen molar-refractivity contribution in [3.63, 3.8) is 0 Å². The maximum atomic E-state index is 5.69. The monoisotopic (exact) mass is 332 g/mol. The Morgan fingerprint density at radius 3 is 2.44 bits per heavy atom. The molecule has 130 valence electrons. The first-order chi connectivity index (χ1) is 12.3. The van der Waals surface area contributed by atoms with Gasteiger partial charge in [0.2, 0.25) is 0 Å². The SMILES string of the molecule is C=CCCOc1ccc(-c2ccc3c(c2)CCC(CCC=C)C3)cc1. The summed E-state index contributed by atoms with van der Waals surface area (Å²) in [4.78, 5) is 0. The van der Waals surface area contributed by atoms with Gasteiger partial charge in [-0.05, 0) is 78.8 Å². The van der Waals surface area contributed by atoms with E-state index in [1.165, 1.54) is 47.9 Å². The molecule has 3 rings (SSSR count). The van der Waals surface area contributed by atoms with Crippen LogP contribution in [0.1, 0.15) is 36.8 Å². The van der Waals surface area contributed by atoms with Gasteiger partial charge < -0.3 is 4.74 Å². The Labute approximate surface area is 152 Å². The van der Waals surface area contributed by atoms with E-state index in [4.69, 9.17) is 4.74 Å². The van der Waals surface area contributed by atoms with Gasteiger partial charge in [-0.25, -0.2) is 0 Å². The lowest BCUT2D eigenvalue weighted by atomic mass is 9.80. The van der Waals surface area contributed by atoms with Crippen molar-refractivity contribution in [3.8, 4) is 16.9 Å². The number of rotatable bonds is 8. The van der Waals surface area contributed by atoms with Crippen molar-refractivity contribution in [2.24, 2.45) is 5.92 Å². The van der Waals surface area contributed by atoms with E-state index in [9.17, 15) is 0 Å². The van der Waals surface area contributed by atoms with Gasteiger partial charge in [-0.2, -0.15) is 0 Å². The van der Waals surface area contributed by atoms with Gasteiger partial charge in [0.1, 0.15) is 5.75 Å². The molecular formula is C24H28O. The number of allylic oxidation sites excluding steroid dienone is 1. The predicted molar refractivity (Wildman–Crippen MR) is 107 cm³/mol. The summed E-state index contributed by atoms with van der Waals surface area (Å²) in [5.41, 5.74) is 5.63. The van der Waals surface area contributed by atoms with Crippen LogP contribution in [0.3, 0.4) is 0 Å². The van der Waals surface area contributed by atoms with Crippen LogP contribution in [0, 0.1) is 5.92 Å². The Kier molecular flexibility index (Phi) is 6.11. The van der Waals surface area contributed by atoms with E-state index in [-0.39, 0.29) is 0 Å². The van der Waals surface area contributed by atoms with E-state index in [0.29, 0.717) is 6.61 Å². The fraction of sp³-hybridized carbons (Fsp3) is 0.333. The lowest BCUT2D eigenvalue weighted by Gasteiger charge is -2.25. The Morgan fingerprint density at radius 1 is 0.920 bits per heavy atom. The zero-order valence-corrected chi connectivity index (χ0v) is 15.0. The van der Waals surface area contributed by atoms with Gasteiger partial charge in [0.15, 0.2) is 0 Å². The summed E-state index contributed by atoms with van der Waals surface area (Å²) in [6.45, 7) is 8.25. The van der Waals surface area contributed by atoms with Gasteiger partial charge in [-0.15, -0.1) is 13.2 Å². The molecule has 0 spiro atoms. The predicted octanol–water partition coefficient (Wildman–Crippen LogP) is 6.38. The van der Waals surface area contributed by atoms with Gasteiger partial charge in [-0.1, -0.05) is 42.5 Å². The second-order valence-corrected chi connectivity index (χ2v) is 6.91. The molecule has 0 N–H and O–H groups in total. The van der Waals surface area contributed by atoms with E-state index < -0.39 is 0 Å². The average Bonchev–Trinajstić information content (AvgIpc) is 2.66. The van der Waals surface area contributed by atoms with Crippen molar-refractivity contribution in [2.75, 3.05) is 6.61 Å². The van der Waals surface area contributed by atoms with Crippen LogP contribution < -0.4 is 4.74 Å². The van der Waals surface area contributed by atoms with Crippen molar-refractivity contribution < 1.29 is 4.74 Å². The third-order valence-electron chi connectivity index (χ3n) is 5.09. The van der Waals surface area contributed by atoms with Gasteiger partial charge in [-0.3, -0.25) is 0 Å². The molecule has 0 aliphatic heterocycles. The smallest absolute Gasteiger partial charge is 0.119 e. The summed E-state index contributed by atoms with van der Waals surface area (Å²) in [6, 6.07) is 15.4. The molecule has 0 saturated heterocycles. The summed E-state index contributed by atoms with van der Waals surface area (Å²) in [5, 5.41) is 0. The summed E-state index contributed by atoms with van der Waals surface area (Å²) < 4.78 is 5.69. The normalized spacial score (nSPS) is 16.1. The van der Waals surface area contributed by atoms with Crippen LogP contribution in [0.25, 0.3) is 11.1 Å². The van der Waals surface area contributed by atoms with Gasteiger partial charge in [0, 0.05) is 0 Å². The molecule has 1 heteroatoms. The van der Waals surface area contributed by atoms with Crippen molar-refractivity contribution in [3.05, 3.63) is 78.9 Å². The number of benzene rings is 2. The van der Waals surface area contributed by atoms with Crippen molar-refractivity contribution in [1.29, 1.82) is 0 Å². The number of fused-ring (bicyclic) bond motifs is 1. The molecule has 1 unspecified atom stereocenters. The summed E-state index contributed by atoms with van der Waals surface area (Å²) >= 11 is 0. The molecular weight excluding hydrogens is 304 g/mol. The third-order valence-corrected chi connectivity index (χ3v) is 5.09. The third kappa shape index (κ3) is 4.63. The van der Waals surface area contributed by atoms with Crippen LogP contribution in [0.4, 0.5) is 0 Å². The van der Waals surface area contributed by atoms with Gasteiger partial charge in [0.05, 0.1) is 6.61 Å². The Balaban J connectivity index is 1.68. The number of hydrogen-bond acceptors (Lipinski definition) is 1. The molecule has 1 nitrogen and oxygen atoms in total. The average molecular weight is 332 g/mol. The molecule has 1 aliphatic carbocycles. The molecule has 25 heavy (non-hydrogen) atoms. The topological polar surface area (TPSA) is 9.23 Å². The lowest BCUT2D eigenvalue weighted by Crippen LogP contribution is -2.14. The summed E-state index contributed by atoms with van der Waals surface area (Å²) in [6.07, 6.45) is 10.9. The zero-order valence-electron chi connectivity index (χ0n) is 15.0. The highest BCUT2D eigenvalue weighted by atomic mass is 16.5. The van der Waals surface area contributed by atoms with Crippen LogP contribution in [0.5, 0.6) is 5.75 Å². The maximum absolute atomic E-state index is 5.69. The van der Waals surface area contributed by atoms with Gasteiger partial charge in [0.25, 0.3) is 0 Å². The molecule has 1 atom stereocenters. The summed E-state index contributed by atoms with van der Waals surface area (Å²) in [7, 11) is 0. The first kappa shape index (κ1) is 17.5. The highest BCUT2D eigenvalue weighted by molar-refractivity contribution is 5.66. The molecule has 0 heterocycles. The van der Waals surface area contributed by atoms with Crippen LogP contribution in [0.2, 0.25) is 0 Å². The molecule has 0 radical (unpaired) electrons. The van der Waals surface area contributed by atoms with Crippen LogP contribution in [0.15, 0.2) is 67.8 Å². The van der Waals surface area contributed by atoms with E-state index in [2.05, 4.69) is 55.6 Å². The zero-order chi connectivity index (χ0) is 17.5. The van der Waals surface area contributed by atoms with Crippen molar-refractivity contribution >= 4 is 0 Å². The summed E-state index contributed by atoms with van der Waals surface area (Å²) in [5.74, 6) is 1.75. The molecule has 1 aliphatic rings. The van der Waals surface area contributed by atoms with Crippen molar-refractivity contribution in [2.45, 2.75) is 38.5 Å². The molecule has 0 amide bonds. The minimum atomic E-state index is 0.689. The molecule has 0 bridgehead atoms. The maximum Gasteiger partial charge on any atom is 0.119 e. The minimum Gasteiger partial charge on any atom is -0.493 e. The molecule has 2 aromatic carbocycles. The Morgan fingerprint density at radius 2 is 1.68 bits per heavy atom. The number of aryl methyl sites for hydroxylation is 1. The fourth-order valence-corrected chi connectivity index (χ4v) is 3.61. The first-order valence-electron chi connectivity index (χ1n) is 9.37. The van der Waals surface area contributed by atoms with Gasteiger partial charge >= 0.3 is 0 Å². The molecule has 0 aromatic heterocycles. The van der Waals surface area contributed by atoms with E-state index in [1.807, 2.05) is 12.2 Å². The number of hydrogen-bond donors (Lipinski definition) is 0. The van der Waals surface area contributed by atoms with Crippen molar-refractivity contribution in [1.82, 2.24) is 0 Å². The molecule has 2 aromatic rings. The Bertz CT molecular complexity index is 711. The molecule has 0 fully saturated rings. The number of ether oxygens (including phenoxy) is 1. The van der Waals surface area contributed by atoms with Crippen LogP contribution >= 0.6 is 0 Å². The highest BCUT2D eigenvalue weighted by Gasteiger charge is 2.18. The largest absolute Gasteiger partial charge is 0.493 e. The highest BCUT2D eigenvalue weighted by Crippen LogP contribution is 2.32. The quantitative estimate of drug-likeness (QED) is 0.402. The first-order valence-corrected chi connectivity index (χ1v) is 9.37. The fourth-order valence-electron chi connectivity index (χ4n) is 3.61. The second kappa shape index (κ2) is 8.71. The van der Waals surface area contributed by atoms with E-state index in [1.54, 1.807) is 0 Å². The van der Waals surface area contributed by atoms with Crippen LogP contribution in [-0.4, -0.2) is 6.61 Å². The minimum absolute atomic E-state index is 0.689. The van der Waals surface area contributed by atoms with Crippen LogP contribution in [-0.2, 0) is 12.8 Å². The lowest BCUT2D eigenvalue weighted by molar-refractivity contribution is 0.325. The van der Waals surface area contributed by atoms with E-state index >= 15 is 0 Å². The second-order valence-electron chi connectivity index (χ2n) is 6.91.